The Hall–Kier alpha value is -4.28. The standard InChI is InChI=1S/C19H24N2O4S.C18H20ClFN2O4S/c1-11(2)8-15(18(22)23)21-16(19(24)25)9-14-10-26-17(20-14)13-6-4-12(3)5-7-13;1-9(2)5-14(17(23)24)22-15(18(25)26)7-11-8-27-16(21-11)10-3-4-13(20)12(19)6-10/h4-7,10-11,15-16,21H,8-9H2,1-3H3,(H,22,23)(H,24,25);3-4,6,8-9,14-15,22H,5,7H2,1-2H3,(H,23,24)(H,25,26). The number of halogens is 2. The van der Waals surface area contributed by atoms with E-state index in [0.717, 1.165) is 16.1 Å². The summed E-state index contributed by atoms with van der Waals surface area (Å²) >= 11 is 8.51. The van der Waals surface area contributed by atoms with Gasteiger partial charge >= 0.3 is 23.9 Å². The lowest BCUT2D eigenvalue weighted by Gasteiger charge is -2.21. The van der Waals surface area contributed by atoms with Gasteiger partial charge in [0.1, 0.15) is 40.0 Å². The van der Waals surface area contributed by atoms with Gasteiger partial charge in [0.05, 0.1) is 16.4 Å². The monoisotopic (exact) mass is 790 g/mol. The van der Waals surface area contributed by atoms with Crippen molar-refractivity contribution >= 4 is 58.2 Å². The van der Waals surface area contributed by atoms with E-state index < -0.39 is 53.9 Å². The van der Waals surface area contributed by atoms with Crippen molar-refractivity contribution in [3.63, 3.8) is 0 Å². The summed E-state index contributed by atoms with van der Waals surface area (Å²) in [5, 5.41) is 47.9. The predicted molar refractivity (Wildman–Crippen MR) is 203 cm³/mol. The van der Waals surface area contributed by atoms with Crippen LogP contribution >= 0.6 is 34.3 Å². The lowest BCUT2D eigenvalue weighted by Crippen LogP contribution is -2.48. The van der Waals surface area contributed by atoms with Crippen LogP contribution in [0.4, 0.5) is 4.39 Å². The Morgan fingerprint density at radius 1 is 0.679 bits per heavy atom. The number of nitrogens with zero attached hydrogens (tertiary/aromatic N) is 2. The fraction of sp³-hybridized carbons (Fsp3) is 0.405. The van der Waals surface area contributed by atoms with Crippen LogP contribution < -0.4 is 10.6 Å². The molecule has 4 atom stereocenters. The van der Waals surface area contributed by atoms with Gasteiger partial charge in [-0.2, -0.15) is 0 Å². The topological polar surface area (TPSA) is 199 Å². The molecule has 2 aromatic heterocycles. The van der Waals surface area contributed by atoms with E-state index in [1.54, 1.807) is 11.4 Å². The second kappa shape index (κ2) is 20.3. The zero-order chi connectivity index (χ0) is 39.4. The Labute approximate surface area is 320 Å². The molecule has 0 aliphatic heterocycles. The van der Waals surface area contributed by atoms with E-state index in [9.17, 15) is 44.0 Å². The number of aryl methyl sites for hydroxylation is 1. The van der Waals surface area contributed by atoms with Crippen molar-refractivity contribution in [2.75, 3.05) is 0 Å². The fourth-order valence-corrected chi connectivity index (χ4v) is 7.00. The number of carbonyl (C=O) groups is 4. The molecule has 0 bridgehead atoms. The number of nitrogens with one attached hydrogen (secondary N) is 2. The zero-order valence-corrected chi connectivity index (χ0v) is 32.3. The SMILES string of the molecule is CC(C)CC(NC(Cc1csc(-c2ccc(F)c(Cl)c2)n1)C(=O)O)C(=O)O.Cc1ccc(-c2nc(CC(NC(CC(C)C)C(=O)O)C(=O)O)cs2)cc1. The van der Waals surface area contributed by atoms with E-state index >= 15 is 0 Å². The molecule has 2 heterocycles. The summed E-state index contributed by atoms with van der Waals surface area (Å²) in [6.45, 7) is 9.56. The van der Waals surface area contributed by atoms with Crippen LogP contribution in [-0.2, 0) is 32.0 Å². The van der Waals surface area contributed by atoms with Crippen LogP contribution in [0.3, 0.4) is 0 Å². The fourth-order valence-electron chi connectivity index (χ4n) is 5.15. The minimum Gasteiger partial charge on any atom is -0.480 e. The minimum absolute atomic E-state index is 0.0210. The summed E-state index contributed by atoms with van der Waals surface area (Å²) < 4.78 is 13.3. The molecule has 0 saturated carbocycles. The molecule has 0 amide bonds. The molecule has 4 aromatic rings. The maximum atomic E-state index is 13.3. The summed E-state index contributed by atoms with van der Waals surface area (Å²) in [5.74, 6) is -4.64. The highest BCUT2D eigenvalue weighted by atomic mass is 35.5. The molecular formula is C37H44ClFN4O8S2. The van der Waals surface area contributed by atoms with Crippen molar-refractivity contribution in [2.24, 2.45) is 11.8 Å². The molecule has 0 fully saturated rings. The van der Waals surface area contributed by atoms with Gasteiger partial charge in [0.15, 0.2) is 0 Å². The first kappa shape index (κ1) is 43.1. The highest BCUT2D eigenvalue weighted by molar-refractivity contribution is 7.13. The van der Waals surface area contributed by atoms with Gasteiger partial charge in [-0.25, -0.2) is 14.4 Å². The quantitative estimate of drug-likeness (QED) is 0.0611. The molecule has 0 aliphatic carbocycles. The van der Waals surface area contributed by atoms with Gasteiger partial charge in [-0.3, -0.25) is 29.8 Å². The Bertz CT molecular complexity index is 1850. The molecule has 0 spiro atoms. The van der Waals surface area contributed by atoms with E-state index in [1.807, 2.05) is 64.3 Å². The largest absolute Gasteiger partial charge is 0.480 e. The first-order valence-corrected chi connectivity index (χ1v) is 18.9. The Balaban J connectivity index is 0.000000286. The summed E-state index contributed by atoms with van der Waals surface area (Å²) in [7, 11) is 0. The molecule has 12 nitrogen and oxygen atoms in total. The molecule has 0 saturated heterocycles. The van der Waals surface area contributed by atoms with Crippen molar-refractivity contribution in [2.45, 2.75) is 84.5 Å². The minimum atomic E-state index is -1.15. The first-order valence-electron chi connectivity index (χ1n) is 16.8. The summed E-state index contributed by atoms with van der Waals surface area (Å²) in [5.41, 5.74) is 3.91. The van der Waals surface area contributed by atoms with Gasteiger partial charge in [0.2, 0.25) is 0 Å². The third-order valence-corrected chi connectivity index (χ3v) is 9.98. The van der Waals surface area contributed by atoms with Gasteiger partial charge < -0.3 is 20.4 Å². The molecule has 0 radical (unpaired) electrons. The second-order valence-corrected chi connectivity index (χ2v) is 15.5. The highest BCUT2D eigenvalue weighted by Gasteiger charge is 2.29. The first-order chi connectivity index (χ1) is 24.9. The number of carboxylic acids is 4. The van der Waals surface area contributed by atoms with Gasteiger partial charge in [-0.05, 0) is 49.8 Å². The van der Waals surface area contributed by atoms with Gasteiger partial charge in [0, 0.05) is 34.7 Å². The van der Waals surface area contributed by atoms with Crippen molar-refractivity contribution in [1.29, 1.82) is 0 Å². The second-order valence-electron chi connectivity index (χ2n) is 13.3. The Morgan fingerprint density at radius 3 is 1.45 bits per heavy atom. The van der Waals surface area contributed by atoms with Crippen molar-refractivity contribution in [3.05, 3.63) is 81.0 Å². The van der Waals surface area contributed by atoms with E-state index in [0.29, 0.717) is 34.8 Å². The molecule has 4 unspecified atom stereocenters. The molecule has 0 aliphatic rings. The third-order valence-electron chi connectivity index (χ3n) is 7.81. The van der Waals surface area contributed by atoms with E-state index in [1.165, 1.54) is 34.8 Å². The number of carboxylic acid groups (broad SMARTS) is 4. The van der Waals surface area contributed by atoms with Crippen molar-refractivity contribution in [1.82, 2.24) is 20.6 Å². The van der Waals surface area contributed by atoms with Gasteiger partial charge in [-0.15, -0.1) is 22.7 Å². The summed E-state index contributed by atoms with van der Waals surface area (Å²) in [6, 6.07) is 8.26. The van der Waals surface area contributed by atoms with Gasteiger partial charge in [0.25, 0.3) is 0 Å². The molecule has 53 heavy (non-hydrogen) atoms. The smallest absolute Gasteiger partial charge is 0.321 e. The molecule has 16 heteroatoms. The van der Waals surface area contributed by atoms with Crippen LogP contribution in [0.2, 0.25) is 5.02 Å². The van der Waals surface area contributed by atoms with E-state index in [-0.39, 0.29) is 29.7 Å². The Morgan fingerprint density at radius 2 is 1.08 bits per heavy atom. The maximum absolute atomic E-state index is 13.3. The lowest BCUT2D eigenvalue weighted by molar-refractivity contribution is -0.144. The predicted octanol–water partition coefficient (Wildman–Crippen LogP) is 6.89. The van der Waals surface area contributed by atoms with E-state index in [2.05, 4.69) is 20.6 Å². The Kier molecular flexibility index (Phi) is 16.5. The number of aliphatic carboxylic acids is 4. The number of hydrogen-bond acceptors (Lipinski definition) is 10. The normalized spacial score (nSPS) is 13.5. The van der Waals surface area contributed by atoms with Crippen molar-refractivity contribution < 1.29 is 44.0 Å². The van der Waals surface area contributed by atoms with Crippen molar-refractivity contribution in [3.8, 4) is 21.1 Å². The number of rotatable bonds is 18. The van der Waals surface area contributed by atoms with Crippen LogP contribution in [0.15, 0.2) is 53.2 Å². The molecular weight excluding hydrogens is 747 g/mol. The maximum Gasteiger partial charge on any atom is 0.321 e. The lowest BCUT2D eigenvalue weighted by atomic mass is 10.0. The van der Waals surface area contributed by atoms with Crippen LogP contribution in [0.1, 0.15) is 57.5 Å². The average molecular weight is 791 g/mol. The van der Waals surface area contributed by atoms with E-state index in [4.69, 9.17) is 11.6 Å². The number of hydrogen-bond donors (Lipinski definition) is 6. The van der Waals surface area contributed by atoms with Crippen LogP contribution in [0.25, 0.3) is 21.1 Å². The molecule has 286 valence electrons. The number of thiazole rings is 2. The van der Waals surface area contributed by atoms with Crippen LogP contribution in [0.5, 0.6) is 0 Å². The van der Waals surface area contributed by atoms with Crippen LogP contribution in [0, 0.1) is 24.6 Å². The molecule has 2 aromatic carbocycles. The zero-order valence-electron chi connectivity index (χ0n) is 29.9. The number of aromatic nitrogens is 2. The summed E-state index contributed by atoms with van der Waals surface area (Å²) in [4.78, 5) is 54.8. The summed E-state index contributed by atoms with van der Waals surface area (Å²) in [6.07, 6.45) is 0.850. The highest BCUT2D eigenvalue weighted by Crippen LogP contribution is 2.28. The molecule has 6 N–H and O–H groups in total. The van der Waals surface area contributed by atoms with Gasteiger partial charge in [-0.1, -0.05) is 69.1 Å². The molecule has 4 rings (SSSR count). The third kappa shape index (κ3) is 13.9. The average Bonchev–Trinajstić information content (AvgIpc) is 3.75. The number of benzene rings is 2. The van der Waals surface area contributed by atoms with Crippen LogP contribution in [-0.4, -0.2) is 78.4 Å².